The van der Waals surface area contributed by atoms with Crippen LogP contribution in [-0.2, 0) is 10.1 Å². The number of phenolic OH excluding ortho intramolecular Hbond substituents is 2. The maximum atomic E-state index is 10.9. The van der Waals surface area contributed by atoms with Gasteiger partial charge >= 0.3 is 24.8 Å². The maximum absolute atomic E-state index is 10.9. The molecular weight excluding hydrogens is 956 g/mol. The van der Waals surface area contributed by atoms with Crippen molar-refractivity contribution in [1.82, 2.24) is 20.3 Å². The second-order valence-corrected chi connectivity index (χ2v) is 25.3. The zero-order chi connectivity index (χ0) is 56.9. The summed E-state index contributed by atoms with van der Waals surface area (Å²) in [6, 6.07) is 25.9. The first-order valence-corrected chi connectivity index (χ1v) is 26.4. The molecule has 0 bridgehead atoms. The molecule has 4 aromatic rings. The van der Waals surface area contributed by atoms with Crippen molar-refractivity contribution in [3.63, 3.8) is 0 Å². The molecule has 7 N–H and O–H groups in total. The summed E-state index contributed by atoms with van der Waals surface area (Å²) in [5.74, 6) is 0.353. The second kappa shape index (κ2) is 29.0. The summed E-state index contributed by atoms with van der Waals surface area (Å²) in [7, 11) is -4.44. The molecule has 0 fully saturated rings. The largest absolute Gasteiger partial charge is 1.00 e. The van der Waals surface area contributed by atoms with Gasteiger partial charge in [0.05, 0.1) is 34.6 Å². The molecule has 15 nitrogen and oxygen atoms in total. The van der Waals surface area contributed by atoms with E-state index in [4.69, 9.17) is 5.11 Å². The summed E-state index contributed by atoms with van der Waals surface area (Å²) in [6.07, 6.45) is 0. The predicted molar refractivity (Wildman–Crippen MR) is 288 cm³/mol. The summed E-state index contributed by atoms with van der Waals surface area (Å²) in [6.45, 7) is 39.5. The van der Waals surface area contributed by atoms with Crippen molar-refractivity contribution < 1.29 is 72.8 Å². The number of rotatable bonds is 14. The number of hydrogen-bond acceptors (Lipinski definition) is 14. The van der Waals surface area contributed by atoms with Crippen LogP contribution in [0.15, 0.2) is 102 Å². The Hall–Kier alpha value is -3.86. The monoisotopic (exact) mass is 1050 g/mol. The molecule has 74 heavy (non-hydrogen) atoms. The van der Waals surface area contributed by atoms with Gasteiger partial charge in [-0.15, -0.1) is 0 Å². The van der Waals surface area contributed by atoms with Crippen LogP contribution in [0.1, 0.15) is 195 Å². The number of carboxylic acids is 1. The van der Waals surface area contributed by atoms with E-state index in [1.54, 1.807) is 72.8 Å². The van der Waals surface area contributed by atoms with Gasteiger partial charge in [-0.3, -0.25) is 0 Å². The third-order valence-corrected chi connectivity index (χ3v) is 12.6. The van der Waals surface area contributed by atoms with Crippen molar-refractivity contribution in [1.29, 1.82) is 0 Å². The van der Waals surface area contributed by atoms with Crippen molar-refractivity contribution in [2.45, 2.75) is 190 Å². The smallest absolute Gasteiger partial charge is 0.744 e. The molecule has 4 rings (SSSR count). The van der Waals surface area contributed by atoms with Gasteiger partial charge in [-0.05, 0) is 178 Å². The number of hydrogen-bond donors (Lipinski definition) is 7. The van der Waals surface area contributed by atoms with Gasteiger partial charge in [-0.25, -0.2) is 13.2 Å². The summed E-state index contributed by atoms with van der Waals surface area (Å²) >= 11 is 0. The Kier molecular flexibility index (Phi) is 27.5. The Morgan fingerprint density at radius 2 is 0.689 bits per heavy atom. The molecule has 412 valence electrons. The number of benzene rings is 4. The molecule has 0 spiro atoms. The number of aromatic hydroxyl groups is 2. The fourth-order valence-electron chi connectivity index (χ4n) is 7.98. The number of carbonyl (C=O) groups is 1. The summed E-state index contributed by atoms with van der Waals surface area (Å²) in [5.41, 5.74) is 2.31. The summed E-state index contributed by atoms with van der Waals surface area (Å²) < 4.78 is 32.8. The SMILES string of the molecule is CC(C)C(c1ccc(C(=O)O)cc1)N(O)C(C)(C)C.CC(C)C(c1ccc(S(=O)(=O)[O-])cc1)N(O)C(C)(C)C.CC(C)C(c1cccc(O)c1)N(O)C(C)(C)C.CC(C)C(c1cccc(O)c1)N(O)C(C)(C)C.[Li+]. The zero-order valence-corrected chi connectivity index (χ0v) is 49.1. The molecule has 4 atom stereocenters. The third kappa shape index (κ3) is 22.0. The van der Waals surface area contributed by atoms with Gasteiger partial charge in [-0.1, -0.05) is 104 Å². The number of phenols is 2. The van der Waals surface area contributed by atoms with Crippen LogP contribution >= 0.6 is 0 Å². The molecule has 0 aromatic heterocycles. The van der Waals surface area contributed by atoms with Crippen molar-refractivity contribution in [2.24, 2.45) is 23.7 Å². The molecule has 4 unspecified atom stereocenters. The summed E-state index contributed by atoms with van der Waals surface area (Å²) in [5, 5.41) is 74.6. The average Bonchev–Trinajstić information content (AvgIpc) is 3.23. The molecule has 0 amide bonds. The van der Waals surface area contributed by atoms with E-state index in [0.29, 0.717) is 0 Å². The number of hydroxylamine groups is 8. The Balaban J connectivity index is 0.000000958. The molecule has 0 radical (unpaired) electrons. The van der Waals surface area contributed by atoms with Crippen molar-refractivity contribution in [2.75, 3.05) is 0 Å². The van der Waals surface area contributed by atoms with E-state index in [1.165, 1.54) is 32.4 Å². The third-order valence-electron chi connectivity index (χ3n) is 11.8. The first-order valence-electron chi connectivity index (χ1n) is 24.9. The van der Waals surface area contributed by atoms with Crippen LogP contribution in [0.2, 0.25) is 0 Å². The first-order chi connectivity index (χ1) is 33.0. The molecule has 17 heteroatoms. The van der Waals surface area contributed by atoms with E-state index in [-0.39, 0.29) is 105 Å². The van der Waals surface area contributed by atoms with Crippen LogP contribution in [-0.4, -0.2) is 97.5 Å². The van der Waals surface area contributed by atoms with Gasteiger partial charge in [0, 0.05) is 22.2 Å². The fraction of sp³-hybridized carbons (Fsp3) is 0.561. The molecule has 0 saturated carbocycles. The van der Waals surface area contributed by atoms with Crippen molar-refractivity contribution >= 4 is 16.1 Å². The van der Waals surface area contributed by atoms with Crippen LogP contribution < -0.4 is 18.9 Å². The van der Waals surface area contributed by atoms with E-state index in [2.05, 4.69) is 27.7 Å². The Morgan fingerprint density at radius 1 is 0.446 bits per heavy atom. The van der Waals surface area contributed by atoms with Crippen LogP contribution in [0.4, 0.5) is 0 Å². The van der Waals surface area contributed by atoms with Gasteiger partial charge < -0.3 is 40.7 Å². The molecule has 0 heterocycles. The zero-order valence-electron chi connectivity index (χ0n) is 48.3. The number of aromatic carboxylic acids is 1. The van der Waals surface area contributed by atoms with E-state index in [0.717, 1.165) is 22.3 Å². The minimum atomic E-state index is -4.44. The van der Waals surface area contributed by atoms with Gasteiger partial charge in [-0.2, -0.15) is 20.3 Å². The minimum Gasteiger partial charge on any atom is -0.744 e. The van der Waals surface area contributed by atoms with Crippen LogP contribution in [0.25, 0.3) is 0 Å². The normalized spacial score (nSPS) is 14.2. The predicted octanol–water partition coefficient (Wildman–Crippen LogP) is 10.5. The maximum Gasteiger partial charge on any atom is 1.00 e. The molecule has 0 aliphatic carbocycles. The van der Waals surface area contributed by atoms with E-state index in [1.807, 2.05) is 123 Å². The van der Waals surface area contributed by atoms with Gasteiger partial charge in [0.1, 0.15) is 21.6 Å². The van der Waals surface area contributed by atoms with Crippen molar-refractivity contribution in [3.8, 4) is 11.5 Å². The van der Waals surface area contributed by atoms with Crippen LogP contribution in [0.5, 0.6) is 11.5 Å². The minimum absolute atomic E-state index is 0. The Bertz CT molecular complexity index is 2320. The Labute approximate surface area is 456 Å². The standard InChI is InChI=1S/C15H23NO3.C14H23NO4S.2C14H23NO2.Li/c1-10(2)13(16(19)15(3,4)5)11-6-8-12(9-7-11)14(17)18;1-10(2)13(15(16)14(3,4)5)11-6-8-12(9-7-11)20(17,18)19;2*1-10(2)13(15(17)14(3,4)5)11-7-6-8-12(16)9-11;/h6-10,13,19H,1-5H3,(H,17,18);6-10,13,16H,1-5H3,(H,17,18,19);2*6-10,13,16-17H,1-5H3;/q;;;;+1/p-1. The van der Waals surface area contributed by atoms with E-state index in [9.17, 15) is 48.8 Å². The van der Waals surface area contributed by atoms with E-state index >= 15 is 0 Å². The van der Waals surface area contributed by atoms with Gasteiger partial charge in [0.15, 0.2) is 0 Å². The topological polar surface area (TPSA) is 229 Å². The van der Waals surface area contributed by atoms with Gasteiger partial charge in [0.25, 0.3) is 0 Å². The molecular formula is C57H91LiN4O11S. The Morgan fingerprint density at radius 3 is 0.892 bits per heavy atom. The number of carboxylic acid groups (broad SMARTS) is 1. The molecule has 0 aliphatic heterocycles. The molecule has 0 saturated heterocycles. The molecule has 0 aliphatic rings. The number of nitrogens with zero attached hydrogens (tertiary/aromatic N) is 4. The van der Waals surface area contributed by atoms with Crippen LogP contribution in [0.3, 0.4) is 0 Å². The quantitative estimate of drug-likeness (QED) is 0.0354. The van der Waals surface area contributed by atoms with Crippen LogP contribution in [0, 0.1) is 23.7 Å². The van der Waals surface area contributed by atoms with E-state index < -0.39 is 21.6 Å². The fourth-order valence-corrected chi connectivity index (χ4v) is 8.44. The summed E-state index contributed by atoms with van der Waals surface area (Å²) in [4.78, 5) is 10.6. The average molecular weight is 1050 g/mol. The molecule has 4 aromatic carbocycles. The first kappa shape index (κ1) is 70.1. The van der Waals surface area contributed by atoms with Gasteiger partial charge in [0.2, 0.25) is 0 Å². The van der Waals surface area contributed by atoms with Crippen molar-refractivity contribution in [3.05, 3.63) is 125 Å². The second-order valence-electron chi connectivity index (χ2n) is 24.0.